The van der Waals surface area contributed by atoms with Crippen molar-refractivity contribution in [2.45, 2.75) is 51.6 Å². The molecule has 0 aliphatic carbocycles. The Balaban J connectivity index is 1.77. The van der Waals surface area contributed by atoms with Crippen LogP contribution in [0.15, 0.2) is 53.9 Å². The zero-order chi connectivity index (χ0) is 23.4. The lowest BCUT2D eigenvalue weighted by molar-refractivity contribution is -0.159. The van der Waals surface area contributed by atoms with Crippen LogP contribution in [-0.2, 0) is 14.4 Å². The summed E-state index contributed by atoms with van der Waals surface area (Å²) in [5.74, 6) is -0.115. The third-order valence-corrected chi connectivity index (χ3v) is 5.01. The average Bonchev–Trinajstić information content (AvgIpc) is 2.78. The van der Waals surface area contributed by atoms with Crippen molar-refractivity contribution in [1.29, 1.82) is 0 Å². The van der Waals surface area contributed by atoms with Gasteiger partial charge in [0.05, 0.1) is 6.61 Å². The van der Waals surface area contributed by atoms with E-state index in [0.29, 0.717) is 35.1 Å². The number of hydrogen-bond donors (Lipinski definition) is 0. The van der Waals surface area contributed by atoms with Crippen LogP contribution < -0.4 is 4.74 Å². The van der Waals surface area contributed by atoms with Crippen molar-refractivity contribution in [2.24, 2.45) is 5.34 Å². The lowest BCUT2D eigenvalue weighted by atomic mass is 10.0. The molecule has 2 aromatic carbocycles. The molecule has 2 aromatic rings. The highest BCUT2D eigenvalue weighted by molar-refractivity contribution is 6.30. The predicted molar refractivity (Wildman–Crippen MR) is 122 cm³/mol. The van der Waals surface area contributed by atoms with Crippen LogP contribution in [0.1, 0.15) is 61.9 Å². The van der Waals surface area contributed by atoms with Gasteiger partial charge in [-0.2, -0.15) is 0 Å². The van der Waals surface area contributed by atoms with E-state index in [4.69, 9.17) is 21.1 Å². The van der Waals surface area contributed by atoms with Gasteiger partial charge in [-0.1, -0.05) is 24.4 Å². The predicted octanol–water partition coefficient (Wildman–Crippen LogP) is 5.92. The summed E-state index contributed by atoms with van der Waals surface area (Å²) in [5.41, 5.74) is -0.117. The second-order valence-corrected chi connectivity index (χ2v) is 8.22. The Hall–Kier alpha value is -2.93. The third-order valence-electron chi connectivity index (χ3n) is 4.75. The zero-order valence-electron chi connectivity index (χ0n) is 18.3. The molecule has 0 radical (unpaired) electrons. The monoisotopic (exact) mass is 461 g/mol. The number of rotatable bonds is 14. The van der Waals surface area contributed by atoms with Crippen LogP contribution in [0.2, 0.25) is 5.02 Å². The van der Waals surface area contributed by atoms with Gasteiger partial charge in [-0.15, -0.1) is 4.91 Å². The Labute approximate surface area is 192 Å². The fraction of sp³-hybridized carbons (Fsp3) is 0.417. The number of unbranched alkanes of at least 4 members (excludes halogenated alkanes) is 4. The fourth-order valence-corrected chi connectivity index (χ4v) is 3.08. The minimum Gasteiger partial charge on any atom is -0.476 e. The third kappa shape index (κ3) is 8.30. The quantitative estimate of drug-likeness (QED) is 0.114. The molecule has 0 heterocycles. The van der Waals surface area contributed by atoms with Gasteiger partial charge in [0.2, 0.25) is 0 Å². The van der Waals surface area contributed by atoms with E-state index in [1.807, 2.05) is 0 Å². The summed E-state index contributed by atoms with van der Waals surface area (Å²) in [6, 6.07) is 13.3. The van der Waals surface area contributed by atoms with Crippen LogP contribution in [-0.4, -0.2) is 30.6 Å². The number of halogens is 1. The molecule has 7 nitrogen and oxygen atoms in total. The molecule has 172 valence electrons. The average molecular weight is 462 g/mol. The van der Waals surface area contributed by atoms with E-state index in [0.717, 1.165) is 32.1 Å². The Morgan fingerprint density at radius 1 is 0.844 bits per heavy atom. The van der Waals surface area contributed by atoms with Gasteiger partial charge in [0, 0.05) is 16.1 Å². The van der Waals surface area contributed by atoms with Crippen LogP contribution in [0.4, 0.5) is 0 Å². The highest BCUT2D eigenvalue weighted by Crippen LogP contribution is 2.22. The standard InChI is InChI=1S/C24H28ClNO6/c1-24(2,23(28)30-16-6-4-3-5-7-17-31-26-29)32-21-14-10-19(11-15-21)22(27)18-8-12-20(25)13-9-18/h8-15H,3-7,16-17H2,1-2H3. The maximum Gasteiger partial charge on any atom is 0.349 e. The van der Waals surface area contributed by atoms with Crippen molar-refractivity contribution in [2.75, 3.05) is 13.2 Å². The SMILES string of the molecule is CC(C)(Oc1ccc(C(=O)c2ccc(Cl)cc2)cc1)C(=O)OCCCCCCCON=O. The molecule has 0 saturated heterocycles. The molecule has 0 fully saturated rings. The number of carbonyl (C=O) groups excluding carboxylic acids is 2. The molecule has 0 atom stereocenters. The van der Waals surface area contributed by atoms with Gasteiger partial charge in [0.1, 0.15) is 12.4 Å². The molecule has 0 aromatic heterocycles. The molecule has 32 heavy (non-hydrogen) atoms. The first-order valence-corrected chi connectivity index (χ1v) is 10.9. The molecule has 0 aliphatic heterocycles. The van der Waals surface area contributed by atoms with E-state index in [1.165, 1.54) is 0 Å². The summed E-state index contributed by atoms with van der Waals surface area (Å²) < 4.78 is 11.1. The molecule has 0 aliphatic rings. The highest BCUT2D eigenvalue weighted by atomic mass is 35.5. The van der Waals surface area contributed by atoms with Gasteiger partial charge < -0.3 is 14.3 Å². The number of nitrogens with zero attached hydrogens (tertiary/aromatic N) is 1. The molecule has 0 bridgehead atoms. The second kappa shape index (κ2) is 12.8. The van der Waals surface area contributed by atoms with Crippen molar-refractivity contribution < 1.29 is 23.9 Å². The smallest absolute Gasteiger partial charge is 0.349 e. The number of ether oxygens (including phenoxy) is 2. The highest BCUT2D eigenvalue weighted by Gasteiger charge is 2.31. The maximum atomic E-state index is 12.5. The summed E-state index contributed by atoms with van der Waals surface area (Å²) >= 11 is 5.86. The Kier molecular flexibility index (Phi) is 10.1. The topological polar surface area (TPSA) is 91.3 Å². The Morgan fingerprint density at radius 2 is 1.38 bits per heavy atom. The van der Waals surface area contributed by atoms with Crippen molar-refractivity contribution in [3.8, 4) is 5.75 Å². The molecule has 0 amide bonds. The van der Waals surface area contributed by atoms with Crippen LogP contribution in [0.25, 0.3) is 0 Å². The van der Waals surface area contributed by atoms with Crippen molar-refractivity contribution in [3.63, 3.8) is 0 Å². The van der Waals surface area contributed by atoms with Crippen molar-refractivity contribution >= 4 is 23.4 Å². The molecular formula is C24H28ClNO6. The first-order chi connectivity index (χ1) is 15.3. The first-order valence-electron chi connectivity index (χ1n) is 10.5. The summed E-state index contributed by atoms with van der Waals surface area (Å²) in [6.45, 7) is 3.93. The number of carbonyl (C=O) groups is 2. The molecule has 0 saturated carbocycles. The van der Waals surface area contributed by atoms with Gasteiger partial charge in [0.15, 0.2) is 16.7 Å². The van der Waals surface area contributed by atoms with Gasteiger partial charge in [-0.25, -0.2) is 4.79 Å². The van der Waals surface area contributed by atoms with Crippen LogP contribution in [0.5, 0.6) is 5.75 Å². The Bertz CT molecular complexity index is 880. The normalized spacial score (nSPS) is 11.0. The van der Waals surface area contributed by atoms with Crippen LogP contribution >= 0.6 is 11.6 Å². The minimum absolute atomic E-state index is 0.125. The molecule has 8 heteroatoms. The van der Waals surface area contributed by atoms with Crippen molar-refractivity contribution in [3.05, 3.63) is 69.6 Å². The van der Waals surface area contributed by atoms with Gasteiger partial charge in [-0.05, 0) is 81.6 Å². The van der Waals surface area contributed by atoms with E-state index in [9.17, 15) is 14.5 Å². The van der Waals surface area contributed by atoms with Crippen molar-refractivity contribution in [1.82, 2.24) is 0 Å². The van der Waals surface area contributed by atoms with E-state index in [2.05, 4.69) is 10.2 Å². The fourth-order valence-electron chi connectivity index (χ4n) is 2.95. The largest absolute Gasteiger partial charge is 0.476 e. The van der Waals surface area contributed by atoms with Gasteiger partial charge in [-0.3, -0.25) is 4.79 Å². The van der Waals surface area contributed by atoms with E-state index >= 15 is 0 Å². The summed E-state index contributed by atoms with van der Waals surface area (Å²) in [5, 5.41) is 2.91. The van der Waals surface area contributed by atoms with Crippen LogP contribution in [0, 0.1) is 4.91 Å². The minimum atomic E-state index is -1.17. The van der Waals surface area contributed by atoms with Gasteiger partial charge >= 0.3 is 5.97 Å². The molecule has 0 unspecified atom stereocenters. The van der Waals surface area contributed by atoms with E-state index in [-0.39, 0.29) is 5.78 Å². The number of ketones is 1. The number of esters is 1. The number of benzene rings is 2. The summed E-state index contributed by atoms with van der Waals surface area (Å²) in [7, 11) is 0. The first kappa shape index (κ1) is 25.3. The zero-order valence-corrected chi connectivity index (χ0v) is 19.1. The maximum absolute atomic E-state index is 12.5. The second-order valence-electron chi connectivity index (χ2n) is 7.78. The van der Waals surface area contributed by atoms with E-state index in [1.54, 1.807) is 62.4 Å². The van der Waals surface area contributed by atoms with Gasteiger partial charge in [0.25, 0.3) is 0 Å². The number of hydrogen-bond acceptors (Lipinski definition) is 7. The van der Waals surface area contributed by atoms with Crippen LogP contribution in [0.3, 0.4) is 0 Å². The Morgan fingerprint density at radius 3 is 1.97 bits per heavy atom. The molecule has 2 rings (SSSR count). The molecular weight excluding hydrogens is 434 g/mol. The lowest BCUT2D eigenvalue weighted by Gasteiger charge is -2.24. The summed E-state index contributed by atoms with van der Waals surface area (Å²) in [4.78, 5) is 39.1. The molecule has 0 N–H and O–H groups in total. The summed E-state index contributed by atoms with van der Waals surface area (Å²) in [6.07, 6.45) is 4.31. The molecule has 0 spiro atoms. The lowest BCUT2D eigenvalue weighted by Crippen LogP contribution is -2.39. The van der Waals surface area contributed by atoms with E-state index < -0.39 is 11.6 Å².